The fraction of sp³-hybridized carbons (Fsp3) is 0.236. The molecule has 7 nitrogen and oxygen atoms in total. The summed E-state index contributed by atoms with van der Waals surface area (Å²) in [4.78, 5) is 27.3. The van der Waals surface area contributed by atoms with Crippen LogP contribution >= 0.6 is 0 Å². The van der Waals surface area contributed by atoms with Crippen LogP contribution in [-0.2, 0) is 0 Å². The summed E-state index contributed by atoms with van der Waals surface area (Å²) in [6.07, 6.45) is 7.12. The summed E-state index contributed by atoms with van der Waals surface area (Å²) in [6, 6.07) is 47.9. The number of anilines is 1. The number of aryl methyl sites for hydroxylation is 1. The van der Waals surface area contributed by atoms with Crippen LogP contribution in [0.2, 0.25) is 0 Å². The number of hydrogen-bond acceptors (Lipinski definition) is 7. The molecule has 0 fully saturated rings. The second kappa shape index (κ2) is 32.0. The number of pyridine rings is 6. The van der Waals surface area contributed by atoms with Crippen LogP contribution in [0.4, 0.5) is 5.69 Å². The molecule has 0 aliphatic rings. The number of nitrogens with zero attached hydrogens (tertiary/aromatic N) is 6. The van der Waals surface area contributed by atoms with E-state index in [1.54, 1.807) is 24.8 Å². The Balaban J connectivity index is -0.000000212. The van der Waals surface area contributed by atoms with E-state index in [2.05, 4.69) is 63.3 Å². The lowest BCUT2D eigenvalue weighted by molar-refractivity contribution is 1.22. The van der Waals surface area contributed by atoms with Gasteiger partial charge in [0.2, 0.25) is 0 Å². The van der Waals surface area contributed by atoms with Gasteiger partial charge in [-0.2, -0.15) is 0 Å². The summed E-state index contributed by atoms with van der Waals surface area (Å²) >= 11 is 0. The van der Waals surface area contributed by atoms with E-state index in [-0.39, 0.29) is 89.1 Å². The smallest absolute Gasteiger partial charge is 0.0900 e. The summed E-state index contributed by atoms with van der Waals surface area (Å²) in [5, 5.41) is 0. The van der Waals surface area contributed by atoms with E-state index in [4.69, 9.17) is 15.7 Å². The zero-order valence-corrected chi connectivity index (χ0v) is 27.4. The summed E-state index contributed by atoms with van der Waals surface area (Å²) in [7, 11) is 0. The van der Waals surface area contributed by atoms with Crippen LogP contribution in [0.3, 0.4) is 0 Å². The second-order valence-electron chi connectivity index (χ2n) is 11.6. The molecule has 62 heavy (non-hydrogen) atoms. The van der Waals surface area contributed by atoms with Crippen molar-refractivity contribution in [2.45, 2.75) is 96.0 Å². The molecule has 0 bridgehead atoms. The molecule has 0 atom stereocenters. The summed E-state index contributed by atoms with van der Waals surface area (Å²) in [5.74, 6) is 0. The van der Waals surface area contributed by atoms with Gasteiger partial charge in [0.15, 0.2) is 0 Å². The second-order valence-corrected chi connectivity index (χ2v) is 11.6. The van der Waals surface area contributed by atoms with Crippen molar-refractivity contribution in [3.63, 3.8) is 0 Å². The molecular weight excluding hydrogens is 759 g/mol. The van der Waals surface area contributed by atoms with E-state index < -0.39 is 0 Å². The molecule has 6 aromatic heterocycles. The quantitative estimate of drug-likeness (QED) is 0.166. The maximum Gasteiger partial charge on any atom is 0.0900 e. The minimum Gasteiger partial charge on any atom is -0.399 e. The van der Waals surface area contributed by atoms with Crippen LogP contribution < -0.4 is 5.73 Å². The van der Waals surface area contributed by atoms with Gasteiger partial charge in [-0.1, -0.05) is 155 Å². The molecule has 7 heteroatoms. The molecular formula is C55H81N7. The zero-order chi connectivity index (χ0) is 34.1. The molecule has 0 radical (unpaired) electrons. The molecule has 0 unspecified atom stereocenters. The average molecular weight is 840 g/mol. The predicted octanol–water partition coefficient (Wildman–Crippen LogP) is 17.3. The van der Waals surface area contributed by atoms with Crippen LogP contribution in [0, 0.1) is 6.92 Å². The van der Waals surface area contributed by atoms with E-state index in [0.717, 1.165) is 73.5 Å². The summed E-state index contributed by atoms with van der Waals surface area (Å²) < 4.78 is 0. The van der Waals surface area contributed by atoms with Gasteiger partial charge in [0.1, 0.15) is 0 Å². The molecule has 0 saturated heterocycles. The van der Waals surface area contributed by atoms with Gasteiger partial charge >= 0.3 is 0 Å². The van der Waals surface area contributed by atoms with Gasteiger partial charge in [-0.05, 0) is 114 Å². The van der Waals surface area contributed by atoms with Crippen molar-refractivity contribution in [1.82, 2.24) is 29.9 Å². The minimum atomic E-state index is 0. The maximum absolute atomic E-state index is 5.81. The topological polar surface area (TPSA) is 103 Å². The van der Waals surface area contributed by atoms with Crippen molar-refractivity contribution in [1.29, 1.82) is 0 Å². The van der Waals surface area contributed by atoms with E-state index in [1.165, 1.54) is 5.56 Å². The van der Waals surface area contributed by atoms with E-state index in [1.807, 2.05) is 109 Å². The Hall–Kier alpha value is -6.86. The molecule has 8 rings (SSSR count). The van der Waals surface area contributed by atoms with Gasteiger partial charge in [0, 0.05) is 30.5 Å². The van der Waals surface area contributed by atoms with Gasteiger partial charge in [-0.25, -0.2) is 9.97 Å². The highest BCUT2D eigenvalue weighted by Gasteiger charge is 2.11. The van der Waals surface area contributed by atoms with Gasteiger partial charge < -0.3 is 5.73 Å². The lowest BCUT2D eigenvalue weighted by atomic mass is 10.0. The number of rotatable bonds is 6. The van der Waals surface area contributed by atoms with Crippen LogP contribution in [-0.4, -0.2) is 29.9 Å². The standard InChI is InChI=1S/C22H17N3.C21H16N4.12CH4/c1-16-8-10-17(11-9-16)18-14-21(19-6-2-4-12-23-19)25-22(15-18)20-7-3-5-13-24-20;22-17-9-7-15(8-10-17)16-13-20(18-5-1-3-11-23-18)25-21(14-16)19-6-2-4-12-24-19;;;;;;;;;;;;/h2-15H,1H3;1-14H,22H2;12*1H4. The third-order valence-corrected chi connectivity index (χ3v) is 7.99. The summed E-state index contributed by atoms with van der Waals surface area (Å²) in [6.45, 7) is 2.09. The number of nitrogens with two attached hydrogens (primary N) is 1. The van der Waals surface area contributed by atoms with Gasteiger partial charge in [-0.3, -0.25) is 19.9 Å². The van der Waals surface area contributed by atoms with Crippen molar-refractivity contribution in [3.05, 3.63) is 176 Å². The van der Waals surface area contributed by atoms with Crippen LogP contribution in [0.1, 0.15) is 94.7 Å². The molecule has 6 heterocycles. The van der Waals surface area contributed by atoms with Gasteiger partial charge in [0.05, 0.1) is 45.6 Å². The van der Waals surface area contributed by atoms with E-state index >= 15 is 0 Å². The highest BCUT2D eigenvalue weighted by molar-refractivity contribution is 5.76. The van der Waals surface area contributed by atoms with Crippen LogP contribution in [0.15, 0.2) is 170 Å². The highest BCUT2D eigenvalue weighted by atomic mass is 14.8. The first-order chi connectivity index (χ1) is 24.6. The van der Waals surface area contributed by atoms with Gasteiger partial charge in [-0.15, -0.1) is 0 Å². The van der Waals surface area contributed by atoms with Crippen molar-refractivity contribution >= 4 is 5.69 Å². The molecule has 0 aliphatic carbocycles. The van der Waals surface area contributed by atoms with Crippen molar-refractivity contribution in [3.8, 4) is 67.8 Å². The monoisotopic (exact) mass is 840 g/mol. The number of benzene rings is 2. The number of nitrogen functional groups attached to an aromatic ring is 1. The molecule has 2 aromatic carbocycles. The largest absolute Gasteiger partial charge is 0.399 e. The molecule has 0 spiro atoms. The molecule has 0 amide bonds. The normalized spacial score (nSPS) is 8.53. The fourth-order valence-electron chi connectivity index (χ4n) is 5.40. The SMILES string of the molecule is C.C.C.C.C.C.C.C.C.C.C.C.Cc1ccc(-c2cc(-c3ccccn3)nc(-c3ccccn3)c2)cc1.Nc1ccc(-c2cc(-c3ccccn3)nc(-c3ccccn3)c2)cc1. The molecule has 2 N–H and O–H groups in total. The Morgan fingerprint density at radius 2 is 0.548 bits per heavy atom. The maximum atomic E-state index is 5.81. The van der Waals surface area contributed by atoms with Crippen LogP contribution in [0.5, 0.6) is 0 Å². The van der Waals surface area contributed by atoms with E-state index in [9.17, 15) is 0 Å². The van der Waals surface area contributed by atoms with Crippen molar-refractivity contribution in [2.24, 2.45) is 0 Å². The average Bonchev–Trinajstić information content (AvgIpc) is 3.20. The Labute approximate surface area is 379 Å². The van der Waals surface area contributed by atoms with Crippen molar-refractivity contribution < 1.29 is 0 Å². The molecule has 0 saturated carbocycles. The lowest BCUT2D eigenvalue weighted by Gasteiger charge is -2.09. The zero-order valence-electron chi connectivity index (χ0n) is 27.4. The van der Waals surface area contributed by atoms with Gasteiger partial charge in [0.25, 0.3) is 0 Å². The Morgan fingerprint density at radius 1 is 0.290 bits per heavy atom. The highest BCUT2D eigenvalue weighted by Crippen LogP contribution is 2.30. The Kier molecular flexibility index (Phi) is 34.5. The molecule has 336 valence electrons. The molecule has 0 aliphatic heterocycles. The Morgan fingerprint density at radius 3 is 0.790 bits per heavy atom. The first-order valence-corrected chi connectivity index (χ1v) is 16.2. The fourth-order valence-corrected chi connectivity index (χ4v) is 5.40. The first kappa shape index (κ1) is 66.9. The number of hydrogen-bond donors (Lipinski definition) is 1. The minimum absolute atomic E-state index is 0. The predicted molar refractivity (Wildman–Crippen MR) is 282 cm³/mol. The Bertz CT molecular complexity index is 2010. The third-order valence-electron chi connectivity index (χ3n) is 7.99. The lowest BCUT2D eigenvalue weighted by Crippen LogP contribution is -1.94. The first-order valence-electron chi connectivity index (χ1n) is 16.2. The van der Waals surface area contributed by atoms with Crippen molar-refractivity contribution in [2.75, 3.05) is 5.73 Å². The van der Waals surface area contributed by atoms with Crippen LogP contribution in [0.25, 0.3) is 67.8 Å². The number of aromatic nitrogens is 6. The van der Waals surface area contributed by atoms with E-state index in [0.29, 0.717) is 0 Å². The molecule has 8 aromatic rings. The summed E-state index contributed by atoms with van der Waals surface area (Å²) in [5.41, 5.74) is 18.9. The third kappa shape index (κ3) is 16.7.